The van der Waals surface area contributed by atoms with Crippen molar-refractivity contribution >= 4 is 5.97 Å². The molecule has 98 valence electrons. The van der Waals surface area contributed by atoms with E-state index < -0.39 is 0 Å². The van der Waals surface area contributed by atoms with E-state index in [9.17, 15) is 4.79 Å². The fourth-order valence-corrected chi connectivity index (χ4v) is 3.82. The van der Waals surface area contributed by atoms with Gasteiger partial charge in [0.25, 0.3) is 0 Å². The van der Waals surface area contributed by atoms with Crippen LogP contribution >= 0.6 is 0 Å². The molecule has 2 saturated heterocycles. The van der Waals surface area contributed by atoms with E-state index >= 15 is 0 Å². The minimum atomic E-state index is 0.0169. The van der Waals surface area contributed by atoms with Crippen LogP contribution in [0.4, 0.5) is 0 Å². The summed E-state index contributed by atoms with van der Waals surface area (Å²) in [5.41, 5.74) is 0. The summed E-state index contributed by atoms with van der Waals surface area (Å²) in [5.74, 6) is 0.690. The standard InChI is InChI=1S/C14H25NO2/c1-4-5-6-10-9-11-7-8-12(15(11)2)13(10)14(16)17-3/h10-13H,4-9H2,1-3H3/t10-,11-,12+,13-/m0/s1. The lowest BCUT2D eigenvalue weighted by Gasteiger charge is -2.41. The molecule has 3 heteroatoms. The lowest BCUT2D eigenvalue weighted by Crippen LogP contribution is -2.49. The zero-order valence-corrected chi connectivity index (χ0v) is 11.3. The lowest BCUT2D eigenvalue weighted by atomic mass is 9.77. The number of nitrogens with zero attached hydrogens (tertiary/aromatic N) is 1. The molecule has 0 aliphatic carbocycles. The second kappa shape index (κ2) is 5.38. The van der Waals surface area contributed by atoms with Gasteiger partial charge in [0.05, 0.1) is 13.0 Å². The first-order valence-corrected chi connectivity index (χ1v) is 6.98. The van der Waals surface area contributed by atoms with Gasteiger partial charge in [0, 0.05) is 12.1 Å². The molecular weight excluding hydrogens is 214 g/mol. The second-order valence-electron chi connectivity index (χ2n) is 5.65. The first kappa shape index (κ1) is 12.9. The van der Waals surface area contributed by atoms with E-state index in [0.29, 0.717) is 18.0 Å². The predicted molar refractivity (Wildman–Crippen MR) is 67.7 cm³/mol. The minimum Gasteiger partial charge on any atom is -0.469 e. The highest BCUT2D eigenvalue weighted by molar-refractivity contribution is 5.74. The largest absolute Gasteiger partial charge is 0.469 e. The van der Waals surface area contributed by atoms with E-state index in [-0.39, 0.29) is 11.9 Å². The molecule has 17 heavy (non-hydrogen) atoms. The Labute approximate surface area is 105 Å². The maximum Gasteiger partial charge on any atom is 0.310 e. The van der Waals surface area contributed by atoms with Gasteiger partial charge in [-0.3, -0.25) is 9.69 Å². The highest BCUT2D eigenvalue weighted by atomic mass is 16.5. The van der Waals surface area contributed by atoms with Gasteiger partial charge in [-0.1, -0.05) is 19.8 Å². The average molecular weight is 239 g/mol. The summed E-state index contributed by atoms with van der Waals surface area (Å²) in [6.07, 6.45) is 7.27. The van der Waals surface area contributed by atoms with Crippen LogP contribution in [-0.2, 0) is 9.53 Å². The molecule has 0 N–H and O–H groups in total. The van der Waals surface area contributed by atoms with Crippen molar-refractivity contribution in [3.63, 3.8) is 0 Å². The van der Waals surface area contributed by atoms with Crippen molar-refractivity contribution in [3.05, 3.63) is 0 Å². The molecule has 0 aromatic rings. The van der Waals surface area contributed by atoms with Crippen molar-refractivity contribution in [1.29, 1.82) is 0 Å². The third kappa shape index (κ3) is 2.35. The molecule has 0 unspecified atom stereocenters. The van der Waals surface area contributed by atoms with Gasteiger partial charge in [-0.05, 0) is 38.6 Å². The molecule has 0 aromatic heterocycles. The number of methoxy groups -OCH3 is 1. The molecule has 2 aliphatic rings. The predicted octanol–water partition coefficient (Wildman–Crippen LogP) is 2.45. The first-order valence-electron chi connectivity index (χ1n) is 6.98. The smallest absolute Gasteiger partial charge is 0.310 e. The summed E-state index contributed by atoms with van der Waals surface area (Å²) in [6, 6.07) is 1.14. The van der Waals surface area contributed by atoms with Gasteiger partial charge in [-0.25, -0.2) is 0 Å². The maximum absolute atomic E-state index is 12.0. The van der Waals surface area contributed by atoms with Crippen LogP contribution in [0.1, 0.15) is 45.4 Å². The van der Waals surface area contributed by atoms with E-state index in [4.69, 9.17) is 4.74 Å². The fraction of sp³-hybridized carbons (Fsp3) is 0.929. The third-order valence-electron chi connectivity index (χ3n) is 4.79. The molecule has 4 atom stereocenters. The van der Waals surface area contributed by atoms with Crippen molar-refractivity contribution in [2.45, 2.75) is 57.5 Å². The van der Waals surface area contributed by atoms with Crippen molar-refractivity contribution in [3.8, 4) is 0 Å². The normalized spacial score (nSPS) is 37.1. The van der Waals surface area contributed by atoms with Crippen LogP contribution in [-0.4, -0.2) is 37.1 Å². The van der Waals surface area contributed by atoms with Gasteiger partial charge >= 0.3 is 5.97 Å². The van der Waals surface area contributed by atoms with Crippen LogP contribution in [0.5, 0.6) is 0 Å². The van der Waals surface area contributed by atoms with E-state index in [0.717, 1.165) is 0 Å². The highest BCUT2D eigenvalue weighted by Gasteiger charge is 2.48. The number of fused-ring (bicyclic) bond motifs is 2. The van der Waals surface area contributed by atoms with Crippen LogP contribution in [0.15, 0.2) is 0 Å². The zero-order chi connectivity index (χ0) is 12.4. The van der Waals surface area contributed by atoms with Crippen molar-refractivity contribution < 1.29 is 9.53 Å². The number of unbranched alkanes of at least 4 members (excludes halogenated alkanes) is 1. The van der Waals surface area contributed by atoms with E-state index in [1.807, 2.05) is 0 Å². The Morgan fingerprint density at radius 2 is 2.18 bits per heavy atom. The molecule has 2 bridgehead atoms. The molecule has 0 amide bonds. The van der Waals surface area contributed by atoms with Crippen molar-refractivity contribution in [2.75, 3.05) is 14.2 Å². The molecule has 0 aromatic carbocycles. The number of ether oxygens (including phenoxy) is 1. The van der Waals surface area contributed by atoms with Gasteiger partial charge in [-0.15, -0.1) is 0 Å². The van der Waals surface area contributed by atoms with Gasteiger partial charge < -0.3 is 4.74 Å². The Kier molecular flexibility index (Phi) is 4.08. The zero-order valence-electron chi connectivity index (χ0n) is 11.3. The summed E-state index contributed by atoms with van der Waals surface area (Å²) in [5, 5.41) is 0. The summed E-state index contributed by atoms with van der Waals surface area (Å²) in [7, 11) is 3.70. The average Bonchev–Trinajstić information content (AvgIpc) is 2.59. The molecular formula is C14H25NO2. The highest BCUT2D eigenvalue weighted by Crippen LogP contribution is 2.43. The summed E-state index contributed by atoms with van der Waals surface area (Å²) >= 11 is 0. The Balaban J connectivity index is 2.11. The van der Waals surface area contributed by atoms with E-state index in [1.54, 1.807) is 0 Å². The first-order chi connectivity index (χ1) is 8.19. The van der Waals surface area contributed by atoms with Gasteiger partial charge in [0.1, 0.15) is 0 Å². The van der Waals surface area contributed by atoms with E-state index in [1.165, 1.54) is 45.6 Å². The minimum absolute atomic E-state index is 0.0169. The number of piperidine rings is 1. The van der Waals surface area contributed by atoms with Crippen LogP contribution in [0, 0.1) is 11.8 Å². The summed E-state index contributed by atoms with van der Waals surface area (Å²) in [6.45, 7) is 2.22. The molecule has 3 nitrogen and oxygen atoms in total. The Morgan fingerprint density at radius 3 is 2.82 bits per heavy atom. The maximum atomic E-state index is 12.0. The summed E-state index contributed by atoms with van der Waals surface area (Å²) < 4.78 is 5.03. The molecule has 0 spiro atoms. The quantitative estimate of drug-likeness (QED) is 0.706. The fourth-order valence-electron chi connectivity index (χ4n) is 3.82. The topological polar surface area (TPSA) is 29.5 Å². The van der Waals surface area contributed by atoms with Gasteiger partial charge in [-0.2, -0.15) is 0 Å². The van der Waals surface area contributed by atoms with Crippen LogP contribution in [0.2, 0.25) is 0 Å². The number of hydrogen-bond donors (Lipinski definition) is 0. The van der Waals surface area contributed by atoms with E-state index in [2.05, 4.69) is 18.9 Å². The third-order valence-corrected chi connectivity index (χ3v) is 4.79. The number of rotatable bonds is 4. The SMILES string of the molecule is CCCC[C@H]1C[C@@H]2CC[C@H]([C@H]1C(=O)OC)N2C. The summed E-state index contributed by atoms with van der Waals surface area (Å²) in [4.78, 5) is 14.4. The number of carbonyl (C=O) groups is 1. The Bertz CT molecular complexity index is 279. The second-order valence-corrected chi connectivity index (χ2v) is 5.65. The van der Waals surface area contributed by atoms with Gasteiger partial charge in [0.15, 0.2) is 0 Å². The molecule has 0 saturated carbocycles. The van der Waals surface area contributed by atoms with Crippen molar-refractivity contribution in [2.24, 2.45) is 11.8 Å². The van der Waals surface area contributed by atoms with Crippen LogP contribution < -0.4 is 0 Å². The monoisotopic (exact) mass is 239 g/mol. The number of esters is 1. The number of carbonyl (C=O) groups excluding carboxylic acids is 1. The molecule has 2 rings (SSSR count). The molecule has 2 aliphatic heterocycles. The molecule has 0 radical (unpaired) electrons. The number of hydrogen-bond acceptors (Lipinski definition) is 3. The van der Waals surface area contributed by atoms with Gasteiger partial charge in [0.2, 0.25) is 0 Å². The molecule has 2 fully saturated rings. The van der Waals surface area contributed by atoms with Crippen LogP contribution in [0.25, 0.3) is 0 Å². The Hall–Kier alpha value is -0.570. The Morgan fingerprint density at radius 1 is 1.41 bits per heavy atom. The van der Waals surface area contributed by atoms with Crippen LogP contribution in [0.3, 0.4) is 0 Å². The van der Waals surface area contributed by atoms with Crippen molar-refractivity contribution in [1.82, 2.24) is 4.90 Å². The molecule has 2 heterocycles. The lowest BCUT2D eigenvalue weighted by molar-refractivity contribution is -0.152.